The van der Waals surface area contributed by atoms with Gasteiger partial charge >= 0.3 is 113 Å². The molecule has 0 aliphatic carbocycles. The molecule has 0 fully saturated rings. The van der Waals surface area contributed by atoms with Gasteiger partial charge in [0.1, 0.15) is 0 Å². The van der Waals surface area contributed by atoms with E-state index in [1.54, 1.807) is 11.4 Å². The van der Waals surface area contributed by atoms with Gasteiger partial charge in [0.05, 0.1) is 0 Å². The van der Waals surface area contributed by atoms with E-state index in [2.05, 4.69) is 27.7 Å². The van der Waals surface area contributed by atoms with Crippen molar-refractivity contribution in [3.8, 4) is 0 Å². The molecule has 0 rings (SSSR count). The molecule has 0 spiro atoms. The van der Waals surface area contributed by atoms with Crippen molar-refractivity contribution in [2.75, 3.05) is 0 Å². The standard InChI is InChI=1S/C8H19O2PS2.In/c1-5-7(3)10-11(9,12)13-8(4)6-2;/h7-8H,5-6H2,1-4H3,(H,9,12);/q;+1/p-1. The second kappa shape index (κ2) is 7.97. The molecule has 3 atom stereocenters. The van der Waals surface area contributed by atoms with Crippen molar-refractivity contribution in [3.05, 3.63) is 0 Å². The van der Waals surface area contributed by atoms with E-state index in [-0.39, 0.29) is 6.10 Å². The number of hydrogen-bond acceptors (Lipinski definition) is 4. The summed E-state index contributed by atoms with van der Waals surface area (Å²) in [7, 11) is 0. The van der Waals surface area contributed by atoms with Crippen LogP contribution in [0.3, 0.4) is 0 Å². The maximum atomic E-state index is 5.81. The van der Waals surface area contributed by atoms with Crippen LogP contribution >= 0.6 is 17.1 Å². The average Bonchev–Trinajstić information content (AvgIpc) is 2.17. The molecule has 2 radical (unpaired) electrons. The Hall–Kier alpha value is 1.79. The molecule has 82 valence electrons. The molecule has 3 unspecified atom stereocenters. The van der Waals surface area contributed by atoms with Gasteiger partial charge in [-0.2, -0.15) is 0 Å². The summed E-state index contributed by atoms with van der Waals surface area (Å²) < 4.78 is 11.3. The molecule has 6 heteroatoms. The SMILES string of the molecule is CCC(C)OP(=S)([O][In])SC(C)CC. The van der Waals surface area contributed by atoms with Crippen LogP contribution in [0.15, 0.2) is 0 Å². The van der Waals surface area contributed by atoms with E-state index in [0.717, 1.165) is 37.7 Å². The van der Waals surface area contributed by atoms with Crippen LogP contribution in [0.5, 0.6) is 0 Å². The summed E-state index contributed by atoms with van der Waals surface area (Å²) in [6, 6.07) is 0. The van der Waals surface area contributed by atoms with Crippen LogP contribution < -0.4 is 0 Å². The van der Waals surface area contributed by atoms with E-state index >= 15 is 0 Å². The molecule has 0 aromatic carbocycles. The Morgan fingerprint density at radius 2 is 1.93 bits per heavy atom. The third-order valence-electron chi connectivity index (χ3n) is 1.90. The van der Waals surface area contributed by atoms with Crippen LogP contribution in [0.25, 0.3) is 0 Å². The summed E-state index contributed by atoms with van der Waals surface area (Å²) >= 11 is 7.88. The predicted octanol–water partition coefficient (Wildman–Crippen LogP) is 3.66. The normalized spacial score (nSPS) is 20.0. The Kier molecular flexibility index (Phi) is 8.98. The Labute approximate surface area is 112 Å². The fraction of sp³-hybridized carbons (Fsp3) is 1.00. The molecule has 0 aromatic heterocycles. The van der Waals surface area contributed by atoms with Crippen molar-refractivity contribution in [2.24, 2.45) is 0 Å². The fourth-order valence-corrected chi connectivity index (χ4v) is 7.97. The van der Waals surface area contributed by atoms with Gasteiger partial charge < -0.3 is 0 Å². The van der Waals surface area contributed by atoms with Crippen LogP contribution in [-0.2, 0) is 19.0 Å². The minimum atomic E-state index is -2.04. The molecule has 0 aliphatic heterocycles. The summed E-state index contributed by atoms with van der Waals surface area (Å²) in [6.45, 7) is 8.49. The Morgan fingerprint density at radius 3 is 2.29 bits per heavy atom. The zero-order chi connectivity index (χ0) is 11.2. The van der Waals surface area contributed by atoms with E-state index in [1.165, 1.54) is 0 Å². The summed E-state index contributed by atoms with van der Waals surface area (Å²) in [5.74, 6) is 0. The van der Waals surface area contributed by atoms with Gasteiger partial charge in [-0.25, -0.2) is 0 Å². The molecule has 0 heterocycles. The molecule has 2 nitrogen and oxygen atoms in total. The molecule has 0 saturated carbocycles. The third-order valence-corrected chi connectivity index (χ3v) is 12.5. The second-order valence-corrected chi connectivity index (χ2v) is 11.5. The van der Waals surface area contributed by atoms with E-state index < -0.39 is 5.69 Å². The quantitative estimate of drug-likeness (QED) is 0.648. The van der Waals surface area contributed by atoms with Gasteiger partial charge in [-0.3, -0.25) is 0 Å². The first-order valence-corrected chi connectivity index (χ1v) is 10.3. The molecule has 14 heavy (non-hydrogen) atoms. The van der Waals surface area contributed by atoms with Crippen LogP contribution in [0.4, 0.5) is 0 Å². The number of rotatable bonds is 7. The summed E-state index contributed by atoms with van der Waals surface area (Å²) in [4.78, 5) is 0. The molecular weight excluding hydrogens is 338 g/mol. The Morgan fingerprint density at radius 1 is 1.36 bits per heavy atom. The Balaban J connectivity index is 4.25. The van der Waals surface area contributed by atoms with Crippen molar-refractivity contribution < 1.29 is 7.17 Å². The minimum absolute atomic E-state index is 0.213. The van der Waals surface area contributed by atoms with Crippen molar-refractivity contribution in [2.45, 2.75) is 51.9 Å². The summed E-state index contributed by atoms with van der Waals surface area (Å²) in [5.41, 5.74) is -2.04. The number of hydrogen-bond donors (Lipinski definition) is 0. The van der Waals surface area contributed by atoms with Gasteiger partial charge in [0.25, 0.3) is 0 Å². The summed E-state index contributed by atoms with van der Waals surface area (Å²) in [6.07, 6.45) is 2.31. The van der Waals surface area contributed by atoms with Crippen LogP contribution in [0.2, 0.25) is 0 Å². The fourth-order valence-electron chi connectivity index (χ4n) is 0.664. The molecular formula is C8H18InO2PS2. The first kappa shape index (κ1) is 15.8. The molecule has 0 saturated heterocycles. The van der Waals surface area contributed by atoms with E-state index in [1.807, 2.05) is 0 Å². The van der Waals surface area contributed by atoms with Gasteiger partial charge in [0.2, 0.25) is 0 Å². The van der Waals surface area contributed by atoms with Crippen LogP contribution in [0, 0.1) is 0 Å². The van der Waals surface area contributed by atoms with Gasteiger partial charge in [-0.15, -0.1) is 0 Å². The third kappa shape index (κ3) is 6.39. The predicted molar refractivity (Wildman–Crippen MR) is 69.3 cm³/mol. The first-order valence-electron chi connectivity index (χ1n) is 4.82. The van der Waals surface area contributed by atoms with Gasteiger partial charge in [0.15, 0.2) is 0 Å². The van der Waals surface area contributed by atoms with E-state index in [0.29, 0.717) is 5.25 Å². The molecule has 0 N–H and O–H groups in total. The first-order chi connectivity index (χ1) is 6.47. The Bertz CT molecular complexity index is 188. The van der Waals surface area contributed by atoms with E-state index in [4.69, 9.17) is 19.0 Å². The van der Waals surface area contributed by atoms with Crippen molar-refractivity contribution in [1.29, 1.82) is 0 Å². The van der Waals surface area contributed by atoms with Gasteiger partial charge in [-0.05, 0) is 0 Å². The van der Waals surface area contributed by atoms with Crippen molar-refractivity contribution in [1.82, 2.24) is 0 Å². The van der Waals surface area contributed by atoms with Gasteiger partial charge in [-0.1, -0.05) is 0 Å². The molecule has 0 amide bonds. The second-order valence-electron chi connectivity index (χ2n) is 3.20. The zero-order valence-electron chi connectivity index (χ0n) is 9.23. The summed E-state index contributed by atoms with van der Waals surface area (Å²) in [5, 5.41) is 0.525. The van der Waals surface area contributed by atoms with Gasteiger partial charge in [0, 0.05) is 0 Å². The monoisotopic (exact) mass is 356 g/mol. The topological polar surface area (TPSA) is 18.5 Å². The van der Waals surface area contributed by atoms with Crippen LogP contribution in [-0.4, -0.2) is 36.2 Å². The average molecular weight is 356 g/mol. The molecule has 0 aliphatic rings. The van der Waals surface area contributed by atoms with Crippen LogP contribution in [0.1, 0.15) is 40.5 Å². The maximum absolute atomic E-state index is 5.81. The van der Waals surface area contributed by atoms with Crippen molar-refractivity contribution >= 4 is 53.7 Å². The molecule has 0 aromatic rings. The molecule has 0 bridgehead atoms. The zero-order valence-corrected chi connectivity index (χ0v) is 15.0. The van der Waals surface area contributed by atoms with Crippen molar-refractivity contribution in [3.63, 3.8) is 0 Å². The van der Waals surface area contributed by atoms with E-state index in [9.17, 15) is 0 Å².